The second kappa shape index (κ2) is 8.01. The summed E-state index contributed by atoms with van der Waals surface area (Å²) in [6.07, 6.45) is 3.46. The lowest BCUT2D eigenvalue weighted by Crippen LogP contribution is -2.01. The number of hydrogen-bond donors (Lipinski definition) is 0. The van der Waals surface area contributed by atoms with Gasteiger partial charge in [-0.2, -0.15) is 0 Å². The van der Waals surface area contributed by atoms with Crippen LogP contribution in [0.25, 0.3) is 10.9 Å². The molecule has 0 aliphatic carbocycles. The van der Waals surface area contributed by atoms with Gasteiger partial charge in [0.25, 0.3) is 0 Å². The molecule has 0 bridgehead atoms. The number of nitrogens with zero attached hydrogens (tertiary/aromatic N) is 1. The van der Waals surface area contributed by atoms with Crippen molar-refractivity contribution in [3.63, 3.8) is 0 Å². The fourth-order valence-electron chi connectivity index (χ4n) is 3.00. The third-order valence-corrected chi connectivity index (χ3v) is 5.18. The van der Waals surface area contributed by atoms with E-state index in [1.54, 1.807) is 0 Å². The molecule has 2 aromatic carbocycles. The van der Waals surface area contributed by atoms with Crippen molar-refractivity contribution in [2.75, 3.05) is 0 Å². The molecular weight excluding hydrogens is 374 g/mol. The van der Waals surface area contributed by atoms with E-state index < -0.39 is 0 Å². The number of ether oxygens (including phenoxy) is 1. The predicted molar refractivity (Wildman–Crippen MR) is 108 cm³/mol. The van der Waals surface area contributed by atoms with Gasteiger partial charge in [-0.05, 0) is 65.9 Å². The third-order valence-electron chi connectivity index (χ3n) is 4.58. The van der Waals surface area contributed by atoms with Gasteiger partial charge in [0.1, 0.15) is 12.4 Å². The molecule has 0 spiro atoms. The molecule has 0 fully saturated rings. The van der Waals surface area contributed by atoms with Crippen LogP contribution in [0.3, 0.4) is 0 Å². The Morgan fingerprint density at radius 1 is 1.04 bits per heavy atom. The molecule has 1 aromatic heterocycles. The van der Waals surface area contributed by atoms with E-state index >= 15 is 0 Å². The second-order valence-corrected chi connectivity index (χ2v) is 7.36. The summed E-state index contributed by atoms with van der Waals surface area (Å²) in [5.41, 5.74) is 5.61. The van der Waals surface area contributed by atoms with Gasteiger partial charge in [-0.1, -0.05) is 43.7 Å². The molecule has 130 valence electrons. The molecule has 0 radical (unpaired) electrons. The number of rotatable bonds is 6. The van der Waals surface area contributed by atoms with Crippen LogP contribution in [0.4, 0.5) is 0 Å². The number of aryl methyl sites for hydroxylation is 2. The predicted octanol–water partition coefficient (Wildman–Crippen LogP) is 6.54. The Labute approximate surface area is 158 Å². The van der Waals surface area contributed by atoms with E-state index in [1.165, 1.54) is 24.0 Å². The zero-order valence-electron chi connectivity index (χ0n) is 15.1. The van der Waals surface area contributed by atoms with Gasteiger partial charge in [-0.3, -0.25) is 4.98 Å². The summed E-state index contributed by atoms with van der Waals surface area (Å²) in [5, 5.41) is 1.10. The Bertz CT molecular complexity index is 874. The maximum absolute atomic E-state index is 6.27. The first-order valence-electron chi connectivity index (χ1n) is 8.86. The first-order valence-corrected chi connectivity index (χ1v) is 9.65. The molecule has 0 atom stereocenters. The lowest BCUT2D eigenvalue weighted by molar-refractivity contribution is 0.307. The summed E-state index contributed by atoms with van der Waals surface area (Å²) < 4.78 is 7.32. The molecule has 3 heteroatoms. The molecule has 0 N–H and O–H groups in total. The van der Waals surface area contributed by atoms with Crippen LogP contribution in [0.1, 0.15) is 42.1 Å². The van der Waals surface area contributed by atoms with Crippen LogP contribution in [0.5, 0.6) is 5.75 Å². The zero-order valence-corrected chi connectivity index (χ0v) is 16.7. The highest BCUT2D eigenvalue weighted by atomic mass is 79.9. The van der Waals surface area contributed by atoms with Crippen molar-refractivity contribution in [1.82, 2.24) is 4.98 Å². The van der Waals surface area contributed by atoms with E-state index in [0.717, 1.165) is 38.8 Å². The van der Waals surface area contributed by atoms with Gasteiger partial charge in [0, 0.05) is 21.1 Å². The van der Waals surface area contributed by atoms with Crippen molar-refractivity contribution in [2.45, 2.75) is 46.6 Å². The minimum atomic E-state index is 0.567. The number of fused-ring (bicyclic) bond motifs is 1. The minimum Gasteiger partial charge on any atom is -0.488 e. The molecule has 0 amide bonds. The molecule has 3 aromatic rings. The Morgan fingerprint density at radius 3 is 2.52 bits per heavy atom. The monoisotopic (exact) mass is 397 g/mol. The normalized spacial score (nSPS) is 11.0. The number of halogens is 1. The molecule has 0 unspecified atom stereocenters. The van der Waals surface area contributed by atoms with E-state index in [4.69, 9.17) is 9.72 Å². The Morgan fingerprint density at radius 2 is 1.80 bits per heavy atom. The average molecular weight is 398 g/mol. The van der Waals surface area contributed by atoms with E-state index in [-0.39, 0.29) is 0 Å². The summed E-state index contributed by atoms with van der Waals surface area (Å²) >= 11 is 3.71. The van der Waals surface area contributed by atoms with Crippen molar-refractivity contribution in [1.29, 1.82) is 0 Å². The van der Waals surface area contributed by atoms with Gasteiger partial charge in [0.05, 0.1) is 5.52 Å². The van der Waals surface area contributed by atoms with Crippen LogP contribution in [0.15, 0.2) is 46.9 Å². The summed E-state index contributed by atoms with van der Waals surface area (Å²) in [4.78, 5) is 4.78. The summed E-state index contributed by atoms with van der Waals surface area (Å²) in [6, 6.07) is 14.7. The quantitative estimate of drug-likeness (QED) is 0.471. The maximum atomic E-state index is 6.27. The summed E-state index contributed by atoms with van der Waals surface area (Å²) in [5.74, 6) is 0.949. The summed E-state index contributed by atoms with van der Waals surface area (Å²) in [7, 11) is 0. The van der Waals surface area contributed by atoms with Gasteiger partial charge >= 0.3 is 0 Å². The highest BCUT2D eigenvalue weighted by Gasteiger charge is 2.14. The van der Waals surface area contributed by atoms with E-state index in [9.17, 15) is 0 Å². The smallest absolute Gasteiger partial charge is 0.133 e. The van der Waals surface area contributed by atoms with Crippen LogP contribution in [0.2, 0.25) is 0 Å². The van der Waals surface area contributed by atoms with Crippen LogP contribution >= 0.6 is 15.9 Å². The van der Waals surface area contributed by atoms with E-state index in [1.807, 2.05) is 25.1 Å². The first-order chi connectivity index (χ1) is 12.1. The standard InChI is InChI=1S/C22H24BrNO/c1-4-5-9-18-12-19-21(20(23)13-18)24-16(3)15(2)22(19)25-14-17-10-7-6-8-11-17/h6-8,10-13H,4-5,9,14H2,1-3H3. The van der Waals surface area contributed by atoms with Gasteiger partial charge in [-0.15, -0.1) is 0 Å². The van der Waals surface area contributed by atoms with Crippen molar-refractivity contribution in [3.05, 3.63) is 69.3 Å². The number of hydrogen-bond acceptors (Lipinski definition) is 2. The molecule has 25 heavy (non-hydrogen) atoms. The molecule has 0 saturated carbocycles. The fourth-order valence-corrected chi connectivity index (χ4v) is 3.60. The second-order valence-electron chi connectivity index (χ2n) is 6.50. The van der Waals surface area contributed by atoms with Gasteiger partial charge < -0.3 is 4.74 Å². The molecule has 2 nitrogen and oxygen atoms in total. The molecule has 0 aliphatic rings. The van der Waals surface area contributed by atoms with E-state index in [0.29, 0.717) is 6.61 Å². The number of aromatic nitrogens is 1. The molecular formula is C22H24BrNO. The SMILES string of the molecule is CCCCc1cc(Br)c2nc(C)c(C)c(OCc3ccccc3)c2c1. The Hall–Kier alpha value is -1.87. The minimum absolute atomic E-state index is 0.567. The Balaban J connectivity index is 2.04. The van der Waals surface area contributed by atoms with Crippen molar-refractivity contribution >= 4 is 26.8 Å². The average Bonchev–Trinajstić information content (AvgIpc) is 2.62. The number of benzene rings is 2. The van der Waals surface area contributed by atoms with Crippen LogP contribution < -0.4 is 4.74 Å². The number of pyridine rings is 1. The fraction of sp³-hybridized carbons (Fsp3) is 0.318. The van der Waals surface area contributed by atoms with E-state index in [2.05, 4.69) is 54.0 Å². The highest BCUT2D eigenvalue weighted by Crippen LogP contribution is 2.35. The topological polar surface area (TPSA) is 22.1 Å². The molecule has 0 saturated heterocycles. The zero-order chi connectivity index (χ0) is 17.8. The maximum Gasteiger partial charge on any atom is 0.133 e. The highest BCUT2D eigenvalue weighted by molar-refractivity contribution is 9.10. The van der Waals surface area contributed by atoms with Gasteiger partial charge in [-0.25, -0.2) is 0 Å². The van der Waals surface area contributed by atoms with Crippen molar-refractivity contribution < 1.29 is 4.74 Å². The molecule has 1 heterocycles. The van der Waals surface area contributed by atoms with Crippen molar-refractivity contribution in [2.24, 2.45) is 0 Å². The van der Waals surface area contributed by atoms with Crippen molar-refractivity contribution in [3.8, 4) is 5.75 Å². The molecule has 3 rings (SSSR count). The first kappa shape index (κ1) is 17.9. The Kier molecular flexibility index (Phi) is 5.74. The number of unbranched alkanes of at least 4 members (excludes halogenated alkanes) is 1. The van der Waals surface area contributed by atoms with Crippen LogP contribution in [0, 0.1) is 13.8 Å². The van der Waals surface area contributed by atoms with Gasteiger partial charge in [0.15, 0.2) is 0 Å². The van der Waals surface area contributed by atoms with Crippen LogP contribution in [-0.4, -0.2) is 4.98 Å². The lowest BCUT2D eigenvalue weighted by Gasteiger charge is -2.16. The van der Waals surface area contributed by atoms with Gasteiger partial charge in [0.2, 0.25) is 0 Å². The largest absolute Gasteiger partial charge is 0.488 e. The third kappa shape index (κ3) is 4.04. The molecule has 0 aliphatic heterocycles. The lowest BCUT2D eigenvalue weighted by atomic mass is 10.0. The summed E-state index contributed by atoms with van der Waals surface area (Å²) in [6.45, 7) is 6.92. The van der Waals surface area contributed by atoms with Crippen LogP contribution in [-0.2, 0) is 13.0 Å².